The van der Waals surface area contributed by atoms with E-state index in [0.29, 0.717) is 29.1 Å². The quantitative estimate of drug-likeness (QED) is 0.853. The molecule has 1 aromatic carbocycles. The number of amides is 1. The zero-order chi connectivity index (χ0) is 18.9. The molecule has 2 aliphatic carbocycles. The summed E-state index contributed by atoms with van der Waals surface area (Å²) in [6.07, 6.45) is 10.3. The molecule has 27 heavy (non-hydrogen) atoms. The maximum absolute atomic E-state index is 13.1. The zero-order valence-corrected chi connectivity index (χ0v) is 15.8. The average Bonchev–Trinajstić information content (AvgIpc) is 2.93. The molecule has 2 saturated carbocycles. The van der Waals surface area contributed by atoms with Crippen molar-refractivity contribution in [3.05, 3.63) is 59.1 Å². The summed E-state index contributed by atoms with van der Waals surface area (Å²) in [6.45, 7) is 0. The number of carbonyl (C=O) groups is 2. The first kappa shape index (κ1) is 18.1. The molecule has 140 valence electrons. The first-order chi connectivity index (χ1) is 13.0. The Morgan fingerprint density at radius 1 is 1.15 bits per heavy atom. The van der Waals surface area contributed by atoms with Gasteiger partial charge in [0, 0.05) is 40.1 Å². The van der Waals surface area contributed by atoms with E-state index >= 15 is 0 Å². The van der Waals surface area contributed by atoms with Crippen molar-refractivity contribution < 1.29 is 9.59 Å². The highest BCUT2D eigenvalue weighted by atomic mass is 35.5. The third kappa shape index (κ3) is 3.61. The summed E-state index contributed by atoms with van der Waals surface area (Å²) in [6, 6.07) is 6.97. The third-order valence-corrected chi connectivity index (χ3v) is 6.32. The molecule has 0 radical (unpaired) electrons. The summed E-state index contributed by atoms with van der Waals surface area (Å²) in [7, 11) is 0. The molecule has 1 N–H and O–H groups in total. The van der Waals surface area contributed by atoms with E-state index in [9.17, 15) is 9.59 Å². The highest BCUT2D eigenvalue weighted by molar-refractivity contribution is 6.30. The van der Waals surface area contributed by atoms with Crippen molar-refractivity contribution in [2.45, 2.75) is 50.5 Å². The second-order valence-corrected chi connectivity index (χ2v) is 8.29. The van der Waals surface area contributed by atoms with E-state index in [4.69, 9.17) is 11.6 Å². The van der Waals surface area contributed by atoms with E-state index in [-0.39, 0.29) is 22.6 Å². The SMILES string of the molecule is O=C(NC12CCCC(C(=O)Cc3cnccn3)(CC1)C2)c1cccc(Cl)c1. The molecular formula is C21H22ClN3O2. The van der Waals surface area contributed by atoms with Crippen molar-refractivity contribution in [2.24, 2.45) is 5.41 Å². The molecule has 2 fully saturated rings. The standard InChI is InChI=1S/C21H22ClN3O2/c22-16-4-1-3-15(11-16)19(27)25-21-6-2-5-20(14-21,7-8-21)18(26)12-17-13-23-9-10-24-17/h1,3-4,9-11,13H,2,5-8,12,14H2,(H,25,27). The lowest BCUT2D eigenvalue weighted by Crippen LogP contribution is -2.50. The molecule has 0 saturated heterocycles. The molecule has 1 aromatic heterocycles. The van der Waals surface area contributed by atoms with Gasteiger partial charge in [0.05, 0.1) is 12.1 Å². The van der Waals surface area contributed by atoms with Crippen LogP contribution in [0.2, 0.25) is 5.02 Å². The van der Waals surface area contributed by atoms with E-state index < -0.39 is 0 Å². The van der Waals surface area contributed by atoms with Gasteiger partial charge in [-0.15, -0.1) is 0 Å². The third-order valence-electron chi connectivity index (χ3n) is 6.08. The molecule has 2 atom stereocenters. The van der Waals surface area contributed by atoms with Gasteiger partial charge in [-0.3, -0.25) is 19.6 Å². The van der Waals surface area contributed by atoms with Crippen molar-refractivity contribution in [3.63, 3.8) is 0 Å². The minimum absolute atomic E-state index is 0.114. The lowest BCUT2D eigenvalue weighted by atomic mass is 9.69. The summed E-state index contributed by atoms with van der Waals surface area (Å²) >= 11 is 6.01. The van der Waals surface area contributed by atoms with Crippen LogP contribution in [0.25, 0.3) is 0 Å². The number of hydrogen-bond acceptors (Lipinski definition) is 4. The first-order valence-corrected chi connectivity index (χ1v) is 9.75. The Bertz CT molecular complexity index is 873. The van der Waals surface area contributed by atoms with Crippen LogP contribution >= 0.6 is 11.6 Å². The second-order valence-electron chi connectivity index (χ2n) is 7.85. The first-order valence-electron chi connectivity index (χ1n) is 9.37. The van der Waals surface area contributed by atoms with Gasteiger partial charge in [-0.25, -0.2) is 0 Å². The Balaban J connectivity index is 1.49. The number of halogens is 1. The lowest BCUT2D eigenvalue weighted by molar-refractivity contribution is -0.129. The monoisotopic (exact) mass is 383 g/mol. The number of benzene rings is 1. The van der Waals surface area contributed by atoms with Crippen molar-refractivity contribution in [2.75, 3.05) is 0 Å². The second kappa shape index (κ2) is 7.04. The number of ketones is 1. The van der Waals surface area contributed by atoms with Crippen LogP contribution < -0.4 is 5.32 Å². The molecule has 1 heterocycles. The number of nitrogens with one attached hydrogen (secondary N) is 1. The zero-order valence-electron chi connectivity index (χ0n) is 15.1. The minimum Gasteiger partial charge on any atom is -0.347 e. The van der Waals surface area contributed by atoms with Gasteiger partial charge in [0.25, 0.3) is 5.91 Å². The molecule has 0 aliphatic heterocycles. The Labute approximate surface area is 163 Å². The van der Waals surface area contributed by atoms with Crippen LogP contribution in [0.3, 0.4) is 0 Å². The van der Waals surface area contributed by atoms with E-state index in [0.717, 1.165) is 32.1 Å². The van der Waals surface area contributed by atoms with Gasteiger partial charge >= 0.3 is 0 Å². The molecule has 2 aromatic rings. The molecule has 2 aliphatic rings. The molecular weight excluding hydrogens is 362 g/mol. The van der Waals surface area contributed by atoms with Crippen molar-refractivity contribution >= 4 is 23.3 Å². The van der Waals surface area contributed by atoms with Gasteiger partial charge in [0.15, 0.2) is 0 Å². The molecule has 4 rings (SSSR count). The maximum Gasteiger partial charge on any atom is 0.251 e. The number of hydrogen-bond donors (Lipinski definition) is 1. The maximum atomic E-state index is 13.1. The molecule has 2 bridgehead atoms. The molecule has 5 nitrogen and oxygen atoms in total. The van der Waals surface area contributed by atoms with E-state index in [1.165, 1.54) is 0 Å². The van der Waals surface area contributed by atoms with Crippen LogP contribution in [0.15, 0.2) is 42.9 Å². The summed E-state index contributed by atoms with van der Waals surface area (Å²) in [5.74, 6) is 0.109. The molecule has 6 heteroatoms. The fourth-order valence-electron chi connectivity index (χ4n) is 4.76. The van der Waals surface area contributed by atoms with Crippen molar-refractivity contribution in [3.8, 4) is 0 Å². The number of aromatic nitrogens is 2. The van der Waals surface area contributed by atoms with Crippen LogP contribution in [0.4, 0.5) is 0 Å². The predicted molar refractivity (Wildman–Crippen MR) is 103 cm³/mol. The van der Waals surface area contributed by atoms with Gasteiger partial charge in [0.1, 0.15) is 5.78 Å². The molecule has 0 spiro atoms. The summed E-state index contributed by atoms with van der Waals surface area (Å²) in [5.41, 5.74) is 0.626. The largest absolute Gasteiger partial charge is 0.347 e. The number of nitrogens with zero attached hydrogens (tertiary/aromatic N) is 2. The lowest BCUT2D eigenvalue weighted by Gasteiger charge is -2.39. The Morgan fingerprint density at radius 3 is 2.81 bits per heavy atom. The fourth-order valence-corrected chi connectivity index (χ4v) is 4.95. The van der Waals surface area contributed by atoms with Gasteiger partial charge in [-0.05, 0) is 50.3 Å². The Morgan fingerprint density at radius 2 is 2.04 bits per heavy atom. The van der Waals surface area contributed by atoms with Crippen LogP contribution in [0.1, 0.15) is 54.6 Å². The van der Waals surface area contributed by atoms with Crippen LogP contribution in [0.5, 0.6) is 0 Å². The number of rotatable bonds is 5. The van der Waals surface area contributed by atoms with Crippen LogP contribution in [0, 0.1) is 5.41 Å². The molecule has 2 unspecified atom stereocenters. The summed E-state index contributed by atoms with van der Waals surface area (Å²) in [4.78, 5) is 34.1. The topological polar surface area (TPSA) is 72.0 Å². The van der Waals surface area contributed by atoms with Gasteiger partial charge in [0.2, 0.25) is 0 Å². The number of carbonyl (C=O) groups excluding carboxylic acids is 2. The normalized spacial score (nSPS) is 26.6. The Hall–Kier alpha value is -2.27. The van der Waals surface area contributed by atoms with E-state index in [2.05, 4.69) is 15.3 Å². The minimum atomic E-state index is -0.350. The average molecular weight is 384 g/mol. The Kier molecular flexibility index (Phi) is 4.72. The van der Waals surface area contributed by atoms with Crippen LogP contribution in [-0.2, 0) is 11.2 Å². The highest BCUT2D eigenvalue weighted by Gasteiger charge is 2.54. The van der Waals surface area contributed by atoms with E-state index in [1.54, 1.807) is 42.9 Å². The van der Waals surface area contributed by atoms with E-state index in [1.807, 2.05) is 0 Å². The number of Topliss-reactive ketones (excluding diaryl/α,β-unsaturated/α-hetero) is 1. The fraction of sp³-hybridized carbons (Fsp3) is 0.429. The summed E-state index contributed by atoms with van der Waals surface area (Å²) < 4.78 is 0. The smallest absolute Gasteiger partial charge is 0.251 e. The van der Waals surface area contributed by atoms with Gasteiger partial charge < -0.3 is 5.32 Å². The van der Waals surface area contributed by atoms with Gasteiger partial charge in [-0.2, -0.15) is 0 Å². The van der Waals surface area contributed by atoms with Crippen LogP contribution in [-0.4, -0.2) is 27.2 Å². The van der Waals surface area contributed by atoms with Crippen molar-refractivity contribution in [1.29, 1.82) is 0 Å². The van der Waals surface area contributed by atoms with Gasteiger partial charge in [-0.1, -0.05) is 24.1 Å². The number of fused-ring (bicyclic) bond motifs is 2. The van der Waals surface area contributed by atoms with Crippen molar-refractivity contribution in [1.82, 2.24) is 15.3 Å². The predicted octanol–water partition coefficient (Wildman–Crippen LogP) is 3.76. The summed E-state index contributed by atoms with van der Waals surface area (Å²) in [5, 5.41) is 3.78. The molecule has 1 amide bonds. The highest BCUT2D eigenvalue weighted by Crippen LogP contribution is 2.54.